The van der Waals surface area contributed by atoms with Crippen LogP contribution in [-0.2, 0) is 17.6 Å². The molecule has 0 aromatic carbocycles. The molecule has 0 saturated heterocycles. The molecule has 0 unspecified atom stereocenters. The van der Waals surface area contributed by atoms with Crippen molar-refractivity contribution in [2.75, 3.05) is 11.9 Å². The second-order valence-corrected chi connectivity index (χ2v) is 6.29. The molecule has 2 amide bonds. The van der Waals surface area contributed by atoms with Gasteiger partial charge in [0.05, 0.1) is 12.1 Å². The zero-order chi connectivity index (χ0) is 13.9. The summed E-state index contributed by atoms with van der Waals surface area (Å²) in [7, 11) is 0. The SMILES string of the molecule is O=C(Cc1ccsc1)Nc1nc2c(s1)C(=O)NCCC2. The standard InChI is InChI=1S/C13H13N3O2S2/c17-10(6-8-3-5-19-7-8)16-13-15-9-2-1-4-14-12(18)11(9)20-13/h3,5,7H,1-2,4,6H2,(H,14,18)(H,15,16,17). The largest absolute Gasteiger partial charge is 0.351 e. The van der Waals surface area contributed by atoms with E-state index in [1.54, 1.807) is 11.3 Å². The highest BCUT2D eigenvalue weighted by Gasteiger charge is 2.21. The molecular weight excluding hydrogens is 294 g/mol. The van der Waals surface area contributed by atoms with Gasteiger partial charge in [0.25, 0.3) is 5.91 Å². The summed E-state index contributed by atoms with van der Waals surface area (Å²) in [5.74, 6) is -0.193. The van der Waals surface area contributed by atoms with Gasteiger partial charge >= 0.3 is 0 Å². The molecule has 0 fully saturated rings. The zero-order valence-corrected chi connectivity index (χ0v) is 12.3. The number of aromatic nitrogens is 1. The van der Waals surface area contributed by atoms with Crippen LogP contribution >= 0.6 is 22.7 Å². The lowest BCUT2D eigenvalue weighted by Crippen LogP contribution is -2.21. The molecule has 3 heterocycles. The Bertz CT molecular complexity index is 634. The number of thiophene rings is 1. The molecule has 0 saturated carbocycles. The summed E-state index contributed by atoms with van der Waals surface area (Å²) in [6.07, 6.45) is 1.98. The number of hydrogen-bond donors (Lipinski definition) is 2. The summed E-state index contributed by atoms with van der Waals surface area (Å²) >= 11 is 2.81. The van der Waals surface area contributed by atoms with E-state index < -0.39 is 0 Å². The van der Waals surface area contributed by atoms with Crippen LogP contribution in [0.5, 0.6) is 0 Å². The number of nitrogens with one attached hydrogen (secondary N) is 2. The van der Waals surface area contributed by atoms with Crippen LogP contribution in [0.3, 0.4) is 0 Å². The first-order valence-corrected chi connectivity index (χ1v) is 8.07. The molecule has 7 heteroatoms. The molecule has 2 aromatic rings. The van der Waals surface area contributed by atoms with Gasteiger partial charge in [0.1, 0.15) is 4.88 Å². The molecule has 2 N–H and O–H groups in total. The maximum absolute atomic E-state index is 11.9. The quantitative estimate of drug-likeness (QED) is 0.912. The number of hydrogen-bond acceptors (Lipinski definition) is 5. The maximum Gasteiger partial charge on any atom is 0.263 e. The molecule has 1 aliphatic rings. The van der Waals surface area contributed by atoms with Gasteiger partial charge in [-0.25, -0.2) is 4.98 Å². The first kappa shape index (κ1) is 13.3. The Morgan fingerprint density at radius 1 is 1.50 bits per heavy atom. The predicted molar refractivity (Wildman–Crippen MR) is 79.4 cm³/mol. The fourth-order valence-corrected chi connectivity index (χ4v) is 3.65. The third kappa shape index (κ3) is 2.88. The van der Waals surface area contributed by atoms with Crippen LogP contribution in [0.15, 0.2) is 16.8 Å². The highest BCUT2D eigenvalue weighted by molar-refractivity contribution is 7.17. The molecule has 5 nitrogen and oxygen atoms in total. The third-order valence-corrected chi connectivity index (χ3v) is 4.71. The van der Waals surface area contributed by atoms with Crippen molar-refractivity contribution < 1.29 is 9.59 Å². The second kappa shape index (κ2) is 5.72. The van der Waals surface area contributed by atoms with Gasteiger partial charge in [-0.05, 0) is 35.2 Å². The number of carbonyl (C=O) groups is 2. The number of thiazole rings is 1. The van der Waals surface area contributed by atoms with Gasteiger partial charge in [-0.15, -0.1) is 0 Å². The Hall–Kier alpha value is -1.73. The van der Waals surface area contributed by atoms with Crippen molar-refractivity contribution in [3.05, 3.63) is 33.0 Å². The first-order chi connectivity index (χ1) is 9.72. The van der Waals surface area contributed by atoms with Crippen molar-refractivity contribution in [3.63, 3.8) is 0 Å². The monoisotopic (exact) mass is 307 g/mol. The van der Waals surface area contributed by atoms with E-state index in [1.807, 2.05) is 16.8 Å². The number of nitrogens with zero attached hydrogens (tertiary/aromatic N) is 1. The number of amides is 2. The summed E-state index contributed by atoms with van der Waals surface area (Å²) in [4.78, 5) is 28.7. The van der Waals surface area contributed by atoms with E-state index in [0.29, 0.717) is 23.0 Å². The van der Waals surface area contributed by atoms with Gasteiger partial charge in [0.15, 0.2) is 5.13 Å². The molecule has 1 aliphatic heterocycles. The highest BCUT2D eigenvalue weighted by atomic mass is 32.1. The number of aryl methyl sites for hydroxylation is 1. The summed E-state index contributed by atoms with van der Waals surface area (Å²) in [5, 5.41) is 9.99. The molecular formula is C13H13N3O2S2. The molecule has 0 bridgehead atoms. The fraction of sp³-hybridized carbons (Fsp3) is 0.308. The van der Waals surface area contributed by atoms with E-state index in [1.165, 1.54) is 11.3 Å². The fourth-order valence-electron chi connectivity index (χ4n) is 2.03. The highest BCUT2D eigenvalue weighted by Crippen LogP contribution is 2.25. The van der Waals surface area contributed by atoms with Gasteiger partial charge in [-0.1, -0.05) is 11.3 Å². The van der Waals surface area contributed by atoms with Crippen LogP contribution in [0.25, 0.3) is 0 Å². The Morgan fingerprint density at radius 3 is 3.20 bits per heavy atom. The summed E-state index contributed by atoms with van der Waals surface area (Å²) in [5.41, 5.74) is 1.78. The molecule has 2 aromatic heterocycles. The maximum atomic E-state index is 11.9. The summed E-state index contributed by atoms with van der Waals surface area (Å²) in [6.45, 7) is 0.682. The molecule has 104 valence electrons. The van der Waals surface area contributed by atoms with E-state index in [9.17, 15) is 9.59 Å². The lowest BCUT2D eigenvalue weighted by Gasteiger charge is -2.00. The number of fused-ring (bicyclic) bond motifs is 1. The van der Waals surface area contributed by atoms with Gasteiger partial charge in [0.2, 0.25) is 5.91 Å². The van der Waals surface area contributed by atoms with Crippen LogP contribution in [0, 0.1) is 0 Å². The lowest BCUT2D eigenvalue weighted by atomic mass is 10.2. The van der Waals surface area contributed by atoms with E-state index in [-0.39, 0.29) is 11.8 Å². The molecule has 3 rings (SSSR count). The van der Waals surface area contributed by atoms with Crippen LogP contribution < -0.4 is 10.6 Å². The molecule has 20 heavy (non-hydrogen) atoms. The van der Waals surface area contributed by atoms with Crippen LogP contribution in [0.2, 0.25) is 0 Å². The van der Waals surface area contributed by atoms with Crippen molar-refractivity contribution in [2.24, 2.45) is 0 Å². The predicted octanol–water partition coefficient (Wildman–Crippen LogP) is 2.06. The minimum absolute atomic E-state index is 0.0895. The summed E-state index contributed by atoms with van der Waals surface area (Å²) < 4.78 is 0. The number of rotatable bonds is 3. The number of anilines is 1. The van der Waals surface area contributed by atoms with Gasteiger partial charge < -0.3 is 10.6 Å². The van der Waals surface area contributed by atoms with Gasteiger partial charge in [-0.2, -0.15) is 11.3 Å². The first-order valence-electron chi connectivity index (χ1n) is 6.31. The van der Waals surface area contributed by atoms with Crippen molar-refractivity contribution in [2.45, 2.75) is 19.3 Å². The molecule has 0 aliphatic carbocycles. The Balaban J connectivity index is 1.70. The van der Waals surface area contributed by atoms with Gasteiger partial charge in [-0.3, -0.25) is 9.59 Å². The molecule has 0 atom stereocenters. The smallest absolute Gasteiger partial charge is 0.263 e. The van der Waals surface area contributed by atoms with Crippen LogP contribution in [0.4, 0.5) is 5.13 Å². The van der Waals surface area contributed by atoms with Crippen LogP contribution in [-0.4, -0.2) is 23.3 Å². The van der Waals surface area contributed by atoms with E-state index in [4.69, 9.17) is 0 Å². The van der Waals surface area contributed by atoms with Crippen molar-refractivity contribution >= 4 is 39.6 Å². The normalized spacial score (nSPS) is 14.3. The average Bonchev–Trinajstić information content (AvgIpc) is 3.01. The topological polar surface area (TPSA) is 71.1 Å². The minimum Gasteiger partial charge on any atom is -0.351 e. The van der Waals surface area contributed by atoms with Crippen molar-refractivity contribution in [1.29, 1.82) is 0 Å². The molecule has 0 spiro atoms. The Kier molecular flexibility index (Phi) is 3.79. The zero-order valence-electron chi connectivity index (χ0n) is 10.6. The van der Waals surface area contributed by atoms with E-state index in [2.05, 4.69) is 15.6 Å². The lowest BCUT2D eigenvalue weighted by molar-refractivity contribution is -0.115. The van der Waals surface area contributed by atoms with E-state index >= 15 is 0 Å². The van der Waals surface area contributed by atoms with Crippen molar-refractivity contribution in [1.82, 2.24) is 10.3 Å². The van der Waals surface area contributed by atoms with Crippen molar-refractivity contribution in [3.8, 4) is 0 Å². The Labute approximate surface area is 124 Å². The summed E-state index contributed by atoms with van der Waals surface area (Å²) in [6, 6.07) is 1.93. The molecule has 0 radical (unpaired) electrons. The number of carbonyl (C=O) groups excluding carboxylic acids is 2. The second-order valence-electron chi connectivity index (χ2n) is 4.51. The minimum atomic E-state index is -0.104. The third-order valence-electron chi connectivity index (χ3n) is 2.97. The Morgan fingerprint density at radius 2 is 2.40 bits per heavy atom. The van der Waals surface area contributed by atoms with Gasteiger partial charge in [0, 0.05) is 6.54 Å². The van der Waals surface area contributed by atoms with E-state index in [0.717, 1.165) is 24.1 Å². The average molecular weight is 307 g/mol. The van der Waals surface area contributed by atoms with Crippen LogP contribution in [0.1, 0.15) is 27.3 Å².